The van der Waals surface area contributed by atoms with Crippen LogP contribution in [0.2, 0.25) is 0 Å². The Morgan fingerprint density at radius 2 is 1.77 bits per heavy atom. The van der Waals surface area contributed by atoms with Gasteiger partial charge in [-0.2, -0.15) is 4.98 Å². The van der Waals surface area contributed by atoms with Crippen molar-refractivity contribution in [1.29, 1.82) is 0 Å². The second kappa shape index (κ2) is 8.34. The van der Waals surface area contributed by atoms with Gasteiger partial charge in [0.1, 0.15) is 0 Å². The van der Waals surface area contributed by atoms with E-state index in [4.69, 9.17) is 0 Å². The summed E-state index contributed by atoms with van der Waals surface area (Å²) in [5.74, 6) is 0.382. The first-order valence-electron chi connectivity index (χ1n) is 9.72. The summed E-state index contributed by atoms with van der Waals surface area (Å²) in [6.45, 7) is 0.905. The molecule has 0 fully saturated rings. The van der Waals surface area contributed by atoms with E-state index in [0.29, 0.717) is 11.5 Å². The molecule has 0 unspecified atom stereocenters. The predicted octanol–water partition coefficient (Wildman–Crippen LogP) is 3.56. The van der Waals surface area contributed by atoms with Crippen LogP contribution in [0.5, 0.6) is 0 Å². The number of carbonyl (C=O) groups excluding carboxylic acids is 1. The van der Waals surface area contributed by atoms with E-state index in [1.54, 1.807) is 23.7 Å². The minimum Gasteiger partial charge on any atom is -0.355 e. The lowest BCUT2D eigenvalue weighted by atomic mass is 10.0. The number of hydrogen-bond acceptors (Lipinski definition) is 5. The van der Waals surface area contributed by atoms with Crippen molar-refractivity contribution in [3.63, 3.8) is 0 Å². The highest BCUT2D eigenvalue weighted by molar-refractivity contribution is 5.94. The fourth-order valence-corrected chi connectivity index (χ4v) is 3.32. The molecule has 30 heavy (non-hydrogen) atoms. The molecule has 0 bridgehead atoms. The van der Waals surface area contributed by atoms with E-state index in [9.17, 15) is 4.79 Å². The molecule has 0 aliphatic carbocycles. The van der Waals surface area contributed by atoms with Crippen LogP contribution in [0, 0.1) is 0 Å². The fourth-order valence-electron chi connectivity index (χ4n) is 3.32. The Kier molecular flexibility index (Phi) is 5.45. The molecule has 2 N–H and O–H groups in total. The molecule has 0 atom stereocenters. The third kappa shape index (κ3) is 4.16. The molecule has 1 amide bonds. The Balaban J connectivity index is 1.60. The van der Waals surface area contributed by atoms with Crippen molar-refractivity contribution in [1.82, 2.24) is 24.8 Å². The minimum absolute atomic E-state index is 0.117. The van der Waals surface area contributed by atoms with Crippen LogP contribution in [0.3, 0.4) is 0 Å². The molecular formula is C23H24N6O. The lowest BCUT2D eigenvalue weighted by Crippen LogP contribution is -2.17. The standard InChI is InChI=1S/C23H24N6O/c1-24-22(30)18-10-12-19(13-11-18)25-23-26-21-20(5-4-14-29(21)27-23)17-8-6-16(7-9-17)15-28(2)3/h4-14H,15H2,1-3H3,(H,24,30)(H,25,27). The molecule has 152 valence electrons. The molecule has 0 radical (unpaired) electrons. The lowest BCUT2D eigenvalue weighted by Gasteiger charge is -2.10. The van der Waals surface area contributed by atoms with Crippen molar-refractivity contribution in [2.24, 2.45) is 0 Å². The number of hydrogen-bond donors (Lipinski definition) is 2. The van der Waals surface area contributed by atoms with Crippen LogP contribution in [0.1, 0.15) is 15.9 Å². The van der Waals surface area contributed by atoms with Crippen molar-refractivity contribution in [2.75, 3.05) is 26.5 Å². The van der Waals surface area contributed by atoms with Gasteiger partial charge in [-0.15, -0.1) is 5.10 Å². The van der Waals surface area contributed by atoms with Crippen LogP contribution in [-0.2, 0) is 6.54 Å². The smallest absolute Gasteiger partial charge is 0.251 e. The van der Waals surface area contributed by atoms with Gasteiger partial charge in [0.2, 0.25) is 5.95 Å². The summed E-state index contributed by atoms with van der Waals surface area (Å²) < 4.78 is 1.77. The van der Waals surface area contributed by atoms with Crippen LogP contribution >= 0.6 is 0 Å². The van der Waals surface area contributed by atoms with Gasteiger partial charge in [0.15, 0.2) is 5.65 Å². The maximum atomic E-state index is 11.7. The molecule has 0 spiro atoms. The first kappa shape index (κ1) is 19.6. The molecule has 4 aromatic rings. The maximum absolute atomic E-state index is 11.7. The molecule has 2 heterocycles. The first-order chi connectivity index (χ1) is 14.5. The molecule has 2 aromatic carbocycles. The maximum Gasteiger partial charge on any atom is 0.251 e. The summed E-state index contributed by atoms with van der Waals surface area (Å²) in [6, 6.07) is 19.7. The highest BCUT2D eigenvalue weighted by Gasteiger charge is 2.11. The molecule has 0 saturated heterocycles. The van der Waals surface area contributed by atoms with E-state index in [0.717, 1.165) is 29.0 Å². The van der Waals surface area contributed by atoms with Gasteiger partial charge in [-0.25, -0.2) is 4.52 Å². The number of aromatic nitrogens is 3. The third-order valence-corrected chi connectivity index (χ3v) is 4.76. The van der Waals surface area contributed by atoms with Crippen molar-refractivity contribution in [3.05, 3.63) is 78.0 Å². The topological polar surface area (TPSA) is 74.6 Å². The van der Waals surface area contributed by atoms with Crippen molar-refractivity contribution in [3.8, 4) is 11.1 Å². The highest BCUT2D eigenvalue weighted by Crippen LogP contribution is 2.25. The fraction of sp³-hybridized carbons (Fsp3) is 0.174. The molecule has 7 nitrogen and oxygen atoms in total. The SMILES string of the molecule is CNC(=O)c1ccc(Nc2nc3c(-c4ccc(CN(C)C)cc4)cccn3n2)cc1. The number of anilines is 2. The van der Waals surface area contributed by atoms with Gasteiger partial charge >= 0.3 is 0 Å². The minimum atomic E-state index is -0.117. The van der Waals surface area contributed by atoms with E-state index in [-0.39, 0.29) is 5.91 Å². The van der Waals surface area contributed by atoms with Gasteiger partial charge < -0.3 is 15.5 Å². The van der Waals surface area contributed by atoms with Gasteiger partial charge in [0.05, 0.1) is 0 Å². The Morgan fingerprint density at radius 3 is 2.43 bits per heavy atom. The number of nitrogens with one attached hydrogen (secondary N) is 2. The van der Waals surface area contributed by atoms with Crippen LogP contribution < -0.4 is 10.6 Å². The van der Waals surface area contributed by atoms with Gasteiger partial charge in [-0.05, 0) is 61.6 Å². The van der Waals surface area contributed by atoms with Gasteiger partial charge in [-0.3, -0.25) is 4.79 Å². The largest absolute Gasteiger partial charge is 0.355 e. The second-order valence-electron chi connectivity index (χ2n) is 7.34. The number of nitrogens with zero attached hydrogens (tertiary/aromatic N) is 4. The van der Waals surface area contributed by atoms with Gasteiger partial charge in [0.25, 0.3) is 5.91 Å². The molecule has 0 aliphatic heterocycles. The predicted molar refractivity (Wildman–Crippen MR) is 119 cm³/mol. The molecule has 2 aromatic heterocycles. The Bertz CT molecular complexity index is 1160. The number of fused-ring (bicyclic) bond motifs is 1. The van der Waals surface area contributed by atoms with E-state index in [1.807, 2.05) is 30.5 Å². The van der Waals surface area contributed by atoms with E-state index < -0.39 is 0 Å². The van der Waals surface area contributed by atoms with Gasteiger partial charge in [-0.1, -0.05) is 24.3 Å². The van der Waals surface area contributed by atoms with E-state index >= 15 is 0 Å². The zero-order chi connectivity index (χ0) is 21.1. The number of amides is 1. The Labute approximate surface area is 175 Å². The molecule has 0 saturated carbocycles. The highest BCUT2D eigenvalue weighted by atomic mass is 16.1. The molecule has 7 heteroatoms. The van der Waals surface area contributed by atoms with Crippen molar-refractivity contribution in [2.45, 2.75) is 6.54 Å². The summed E-state index contributed by atoms with van der Waals surface area (Å²) in [5, 5.41) is 10.4. The summed E-state index contributed by atoms with van der Waals surface area (Å²) in [6.07, 6.45) is 1.88. The number of pyridine rings is 1. The average Bonchev–Trinajstić information content (AvgIpc) is 3.16. The summed E-state index contributed by atoms with van der Waals surface area (Å²) in [7, 11) is 5.74. The van der Waals surface area contributed by atoms with Crippen LogP contribution in [-0.4, -0.2) is 46.5 Å². The van der Waals surface area contributed by atoms with E-state index in [2.05, 4.69) is 64.0 Å². The quantitative estimate of drug-likeness (QED) is 0.518. The Hall–Kier alpha value is -3.71. The molecule has 4 rings (SSSR count). The lowest BCUT2D eigenvalue weighted by molar-refractivity contribution is 0.0963. The zero-order valence-corrected chi connectivity index (χ0v) is 17.3. The van der Waals surface area contributed by atoms with Crippen LogP contribution in [0.15, 0.2) is 66.9 Å². The number of rotatable bonds is 6. The molecule has 0 aliphatic rings. The van der Waals surface area contributed by atoms with E-state index in [1.165, 1.54) is 5.56 Å². The van der Waals surface area contributed by atoms with Crippen molar-refractivity contribution >= 4 is 23.2 Å². The number of carbonyl (C=O) groups is 1. The molecular weight excluding hydrogens is 376 g/mol. The van der Waals surface area contributed by atoms with Gasteiger partial charge in [0, 0.05) is 36.6 Å². The summed E-state index contributed by atoms with van der Waals surface area (Å²) in [5.41, 5.74) is 5.57. The third-order valence-electron chi connectivity index (χ3n) is 4.76. The summed E-state index contributed by atoms with van der Waals surface area (Å²) >= 11 is 0. The van der Waals surface area contributed by atoms with Crippen molar-refractivity contribution < 1.29 is 4.79 Å². The summed E-state index contributed by atoms with van der Waals surface area (Å²) in [4.78, 5) is 18.5. The first-order valence-corrected chi connectivity index (χ1v) is 9.72. The van der Waals surface area contributed by atoms with Crippen LogP contribution in [0.25, 0.3) is 16.8 Å². The normalized spacial score (nSPS) is 11.1. The second-order valence-corrected chi connectivity index (χ2v) is 7.34. The monoisotopic (exact) mass is 400 g/mol. The zero-order valence-electron chi connectivity index (χ0n) is 17.3. The average molecular weight is 400 g/mol. The van der Waals surface area contributed by atoms with Crippen LogP contribution in [0.4, 0.5) is 11.6 Å². The number of benzene rings is 2. The Morgan fingerprint density at radius 1 is 1.03 bits per heavy atom.